The summed E-state index contributed by atoms with van der Waals surface area (Å²) in [5.41, 5.74) is 10.1. The largest absolute Gasteiger partial charge is 0.495 e. The van der Waals surface area contributed by atoms with Crippen molar-refractivity contribution in [3.63, 3.8) is 0 Å². The van der Waals surface area contributed by atoms with Crippen LogP contribution in [0.25, 0.3) is 22.4 Å². The topological polar surface area (TPSA) is 75.8 Å². The monoisotopic (exact) mass is 372 g/mol. The number of hydrogen-bond acceptors (Lipinski definition) is 7. The third kappa shape index (κ3) is 3.13. The fraction of sp³-hybridized carbons (Fsp3) is 0.211. The average molecular weight is 372 g/mol. The molecule has 6 nitrogen and oxygen atoms in total. The molecule has 0 aliphatic rings. The lowest BCUT2D eigenvalue weighted by molar-refractivity contribution is 0.324. The predicted molar refractivity (Wildman–Crippen MR) is 104 cm³/mol. The zero-order valence-corrected chi connectivity index (χ0v) is 15.8. The van der Waals surface area contributed by atoms with E-state index in [1.54, 1.807) is 28.4 Å². The van der Waals surface area contributed by atoms with Gasteiger partial charge in [0.2, 0.25) is 5.75 Å². The van der Waals surface area contributed by atoms with Crippen LogP contribution in [-0.2, 0) is 0 Å². The Hall–Kier alpha value is -2.93. The summed E-state index contributed by atoms with van der Waals surface area (Å²) in [6, 6.07) is 9.43. The molecule has 0 saturated heterocycles. The highest BCUT2D eigenvalue weighted by molar-refractivity contribution is 7.04. The van der Waals surface area contributed by atoms with Gasteiger partial charge >= 0.3 is 0 Å². The number of aromatic nitrogens is 1. The molecule has 0 unspecified atom stereocenters. The Kier molecular flexibility index (Phi) is 5.18. The summed E-state index contributed by atoms with van der Waals surface area (Å²) < 4.78 is 26.2. The van der Waals surface area contributed by atoms with Gasteiger partial charge in [-0.2, -0.15) is 4.37 Å². The molecule has 3 rings (SSSR count). The van der Waals surface area contributed by atoms with Gasteiger partial charge in [0.25, 0.3) is 0 Å². The number of hydrogen-bond donors (Lipinski definition) is 1. The second-order valence-electron chi connectivity index (χ2n) is 5.45. The first-order valence-corrected chi connectivity index (χ1v) is 8.65. The maximum atomic E-state index is 5.92. The molecule has 0 amide bonds. The molecule has 0 spiro atoms. The van der Waals surface area contributed by atoms with Crippen LogP contribution in [0.5, 0.6) is 23.0 Å². The Bertz CT molecular complexity index is 899. The SMILES string of the molecule is COc1cc(-c2nscc2-c2cc(OC)c(OC)c(OC)c2)ccc1N. The molecule has 1 heterocycles. The van der Waals surface area contributed by atoms with Gasteiger partial charge in [0.15, 0.2) is 11.5 Å². The summed E-state index contributed by atoms with van der Waals surface area (Å²) in [5.74, 6) is 2.35. The van der Waals surface area contributed by atoms with Crippen LogP contribution >= 0.6 is 11.5 Å². The van der Waals surface area contributed by atoms with Crippen LogP contribution in [0.1, 0.15) is 0 Å². The van der Waals surface area contributed by atoms with Crippen molar-refractivity contribution in [3.8, 4) is 45.4 Å². The van der Waals surface area contributed by atoms with E-state index in [0.29, 0.717) is 28.7 Å². The number of nitrogen functional groups attached to an aromatic ring is 1. The lowest BCUT2D eigenvalue weighted by Crippen LogP contribution is -1.96. The van der Waals surface area contributed by atoms with E-state index in [1.807, 2.05) is 35.7 Å². The van der Waals surface area contributed by atoms with E-state index in [4.69, 9.17) is 24.7 Å². The van der Waals surface area contributed by atoms with Crippen molar-refractivity contribution < 1.29 is 18.9 Å². The van der Waals surface area contributed by atoms with Crippen LogP contribution in [0.15, 0.2) is 35.7 Å². The van der Waals surface area contributed by atoms with E-state index in [-0.39, 0.29) is 0 Å². The van der Waals surface area contributed by atoms with E-state index < -0.39 is 0 Å². The minimum absolute atomic E-state index is 0.553. The van der Waals surface area contributed by atoms with Crippen LogP contribution in [0.2, 0.25) is 0 Å². The Morgan fingerprint density at radius 1 is 0.808 bits per heavy atom. The van der Waals surface area contributed by atoms with Gasteiger partial charge in [0.1, 0.15) is 5.75 Å². The molecule has 7 heteroatoms. The smallest absolute Gasteiger partial charge is 0.203 e. The predicted octanol–water partition coefficient (Wildman–Crippen LogP) is 4.09. The fourth-order valence-corrected chi connectivity index (χ4v) is 3.46. The van der Waals surface area contributed by atoms with Crippen molar-refractivity contribution in [1.29, 1.82) is 0 Å². The number of methoxy groups -OCH3 is 4. The number of nitrogens with zero attached hydrogens (tertiary/aromatic N) is 1. The van der Waals surface area contributed by atoms with E-state index in [2.05, 4.69) is 4.37 Å². The third-order valence-corrected chi connectivity index (χ3v) is 4.68. The van der Waals surface area contributed by atoms with E-state index >= 15 is 0 Å². The summed E-state index contributed by atoms with van der Waals surface area (Å²) in [5, 5.41) is 1.98. The quantitative estimate of drug-likeness (QED) is 0.657. The molecule has 2 N–H and O–H groups in total. The van der Waals surface area contributed by atoms with Gasteiger partial charge in [-0.1, -0.05) is 6.07 Å². The molecule has 0 atom stereocenters. The average Bonchev–Trinajstić information content (AvgIpc) is 3.16. The van der Waals surface area contributed by atoms with Crippen LogP contribution < -0.4 is 24.7 Å². The molecule has 0 radical (unpaired) electrons. The van der Waals surface area contributed by atoms with Gasteiger partial charge in [0.05, 0.1) is 39.8 Å². The van der Waals surface area contributed by atoms with Crippen molar-refractivity contribution in [3.05, 3.63) is 35.7 Å². The first-order valence-electron chi connectivity index (χ1n) is 7.81. The molecule has 26 heavy (non-hydrogen) atoms. The number of rotatable bonds is 6. The Balaban J connectivity index is 2.14. The zero-order valence-electron chi connectivity index (χ0n) is 15.0. The Labute approximate surface area is 156 Å². The highest BCUT2D eigenvalue weighted by Gasteiger charge is 2.18. The normalized spacial score (nSPS) is 10.5. The summed E-state index contributed by atoms with van der Waals surface area (Å²) in [6.07, 6.45) is 0. The maximum absolute atomic E-state index is 5.92. The van der Waals surface area contributed by atoms with Gasteiger partial charge in [-0.3, -0.25) is 0 Å². The lowest BCUT2D eigenvalue weighted by Gasteiger charge is -2.14. The van der Waals surface area contributed by atoms with Crippen molar-refractivity contribution in [1.82, 2.24) is 4.37 Å². The molecule has 0 aliphatic heterocycles. The highest BCUT2D eigenvalue weighted by atomic mass is 32.1. The first-order chi connectivity index (χ1) is 12.6. The van der Waals surface area contributed by atoms with Gasteiger partial charge in [-0.25, -0.2) is 0 Å². The first kappa shape index (κ1) is 17.9. The Morgan fingerprint density at radius 2 is 1.42 bits per heavy atom. The molecule has 1 aromatic heterocycles. The lowest BCUT2D eigenvalue weighted by atomic mass is 10.0. The minimum atomic E-state index is 0.553. The minimum Gasteiger partial charge on any atom is -0.495 e. The number of anilines is 1. The summed E-state index contributed by atoms with van der Waals surface area (Å²) >= 11 is 1.38. The number of ether oxygens (including phenoxy) is 4. The van der Waals surface area contributed by atoms with Crippen LogP contribution in [0.4, 0.5) is 5.69 Å². The van der Waals surface area contributed by atoms with E-state index in [1.165, 1.54) is 11.5 Å². The van der Waals surface area contributed by atoms with Crippen LogP contribution in [-0.4, -0.2) is 32.8 Å². The van der Waals surface area contributed by atoms with Crippen molar-refractivity contribution >= 4 is 17.2 Å². The zero-order chi connectivity index (χ0) is 18.7. The maximum Gasteiger partial charge on any atom is 0.203 e. The molecule has 136 valence electrons. The number of benzene rings is 2. The number of nitrogens with two attached hydrogens (primary N) is 1. The standard InChI is InChI=1S/C19H20N2O4S/c1-22-15-7-11(5-6-14(15)20)18-13(10-26-21-18)12-8-16(23-2)19(25-4)17(9-12)24-3/h5-10H,20H2,1-4H3. The molecular formula is C19H20N2O4S. The summed E-state index contributed by atoms with van der Waals surface area (Å²) in [4.78, 5) is 0. The molecular weight excluding hydrogens is 352 g/mol. The van der Waals surface area contributed by atoms with Gasteiger partial charge in [0, 0.05) is 16.5 Å². The molecule has 0 fully saturated rings. The van der Waals surface area contributed by atoms with Crippen LogP contribution in [0.3, 0.4) is 0 Å². The third-order valence-electron chi connectivity index (χ3n) is 4.05. The van der Waals surface area contributed by atoms with Gasteiger partial charge in [-0.05, 0) is 41.4 Å². The second kappa shape index (κ2) is 7.53. The van der Waals surface area contributed by atoms with Crippen molar-refractivity contribution in [2.24, 2.45) is 0 Å². The van der Waals surface area contributed by atoms with Gasteiger partial charge < -0.3 is 24.7 Å². The van der Waals surface area contributed by atoms with Crippen LogP contribution in [0, 0.1) is 0 Å². The van der Waals surface area contributed by atoms with E-state index in [0.717, 1.165) is 22.4 Å². The molecule has 0 aliphatic carbocycles. The molecule has 3 aromatic rings. The fourth-order valence-electron chi connectivity index (χ4n) is 2.74. The van der Waals surface area contributed by atoms with Gasteiger partial charge in [-0.15, -0.1) is 0 Å². The Morgan fingerprint density at radius 3 is 2.00 bits per heavy atom. The molecule has 2 aromatic carbocycles. The molecule has 0 bridgehead atoms. The molecule has 0 saturated carbocycles. The van der Waals surface area contributed by atoms with Crippen molar-refractivity contribution in [2.75, 3.05) is 34.2 Å². The summed E-state index contributed by atoms with van der Waals surface area (Å²) in [7, 11) is 6.37. The summed E-state index contributed by atoms with van der Waals surface area (Å²) in [6.45, 7) is 0. The highest BCUT2D eigenvalue weighted by Crippen LogP contribution is 2.44. The van der Waals surface area contributed by atoms with E-state index in [9.17, 15) is 0 Å². The van der Waals surface area contributed by atoms with Crippen molar-refractivity contribution in [2.45, 2.75) is 0 Å². The second-order valence-corrected chi connectivity index (χ2v) is 6.08.